The molecule has 1 aliphatic rings. The lowest BCUT2D eigenvalue weighted by Crippen LogP contribution is -2.40. The van der Waals surface area contributed by atoms with Gasteiger partial charge in [-0.2, -0.15) is 0 Å². The van der Waals surface area contributed by atoms with E-state index in [1.54, 1.807) is 0 Å². The molecular weight excluding hydrogens is 244 g/mol. The topological polar surface area (TPSA) is 24.5 Å². The zero-order chi connectivity index (χ0) is 13.0. The zero-order valence-electron chi connectivity index (χ0n) is 11.6. The average molecular weight is 268 g/mol. The molecule has 1 N–H and O–H groups in total. The maximum Gasteiger partial charge on any atom is 0.0674 e. The number of rotatable bonds is 5. The third-order valence-electron chi connectivity index (χ3n) is 3.11. The van der Waals surface area contributed by atoms with E-state index >= 15 is 0 Å². The van der Waals surface area contributed by atoms with E-state index in [0.717, 1.165) is 32.8 Å². The summed E-state index contributed by atoms with van der Waals surface area (Å²) in [6.45, 7) is 11.6. The highest BCUT2D eigenvalue weighted by molar-refractivity contribution is 7.11. The molecule has 0 amide bonds. The second-order valence-electron chi connectivity index (χ2n) is 5.32. The van der Waals surface area contributed by atoms with Gasteiger partial charge in [-0.3, -0.25) is 4.90 Å². The van der Waals surface area contributed by atoms with Crippen molar-refractivity contribution >= 4 is 11.3 Å². The van der Waals surface area contributed by atoms with Crippen LogP contribution in [0, 0.1) is 0 Å². The summed E-state index contributed by atoms with van der Waals surface area (Å²) in [6, 6.07) is 5.07. The van der Waals surface area contributed by atoms with Crippen LogP contribution in [-0.4, -0.2) is 36.7 Å². The van der Waals surface area contributed by atoms with E-state index in [4.69, 9.17) is 4.74 Å². The summed E-state index contributed by atoms with van der Waals surface area (Å²) in [5.41, 5.74) is 0. The molecular formula is C14H24N2OS. The van der Waals surface area contributed by atoms with Crippen molar-refractivity contribution in [2.24, 2.45) is 0 Å². The number of ether oxygens (including phenoxy) is 1. The van der Waals surface area contributed by atoms with Gasteiger partial charge in [0.1, 0.15) is 0 Å². The predicted octanol–water partition coefficient (Wildman–Crippen LogP) is 2.47. The van der Waals surface area contributed by atoms with Gasteiger partial charge >= 0.3 is 0 Å². The van der Waals surface area contributed by atoms with Crippen molar-refractivity contribution in [1.82, 2.24) is 10.2 Å². The fraction of sp³-hybridized carbons (Fsp3) is 0.714. The zero-order valence-corrected chi connectivity index (χ0v) is 12.4. The lowest BCUT2D eigenvalue weighted by molar-refractivity contribution is -0.0208. The van der Waals surface area contributed by atoms with Crippen LogP contribution >= 0.6 is 11.3 Å². The number of nitrogens with one attached hydrogen (secondary N) is 1. The first-order valence-corrected chi connectivity index (χ1v) is 7.60. The quantitative estimate of drug-likeness (QED) is 0.888. The van der Waals surface area contributed by atoms with Crippen LogP contribution in [0.25, 0.3) is 0 Å². The molecule has 0 aliphatic carbocycles. The number of thiophene rings is 1. The number of morpholine rings is 1. The smallest absolute Gasteiger partial charge is 0.0674 e. The largest absolute Gasteiger partial charge is 0.376 e. The van der Waals surface area contributed by atoms with E-state index in [9.17, 15) is 0 Å². The molecule has 0 radical (unpaired) electrons. The summed E-state index contributed by atoms with van der Waals surface area (Å²) in [5, 5.41) is 3.46. The Kier molecular flexibility index (Phi) is 5.18. The van der Waals surface area contributed by atoms with Crippen molar-refractivity contribution in [2.45, 2.75) is 46.0 Å². The molecule has 1 aromatic rings. The van der Waals surface area contributed by atoms with E-state index in [-0.39, 0.29) is 0 Å². The minimum atomic E-state index is 0.376. The van der Waals surface area contributed by atoms with Crippen LogP contribution in [-0.2, 0) is 17.8 Å². The summed E-state index contributed by atoms with van der Waals surface area (Å²) in [4.78, 5) is 5.38. The Morgan fingerprint density at radius 3 is 2.94 bits per heavy atom. The average Bonchev–Trinajstić information content (AvgIpc) is 2.74. The third-order valence-corrected chi connectivity index (χ3v) is 4.18. The van der Waals surface area contributed by atoms with Gasteiger partial charge in [0.15, 0.2) is 0 Å². The highest BCUT2D eigenvalue weighted by Crippen LogP contribution is 2.19. The van der Waals surface area contributed by atoms with Crippen molar-refractivity contribution in [3.05, 3.63) is 21.9 Å². The molecule has 2 rings (SSSR count). The SMILES string of the molecule is CC(C)NCc1ccc(CN2CCOC(C)C2)s1. The number of nitrogens with zero attached hydrogens (tertiary/aromatic N) is 1. The van der Waals surface area contributed by atoms with Crippen molar-refractivity contribution in [3.8, 4) is 0 Å². The molecule has 0 spiro atoms. The number of hydrogen-bond acceptors (Lipinski definition) is 4. The number of hydrogen-bond donors (Lipinski definition) is 1. The molecule has 4 heteroatoms. The van der Waals surface area contributed by atoms with Gasteiger partial charge in [-0.25, -0.2) is 0 Å². The Balaban J connectivity index is 1.82. The summed E-state index contributed by atoms with van der Waals surface area (Å²) >= 11 is 1.92. The van der Waals surface area contributed by atoms with Crippen LogP contribution in [0.4, 0.5) is 0 Å². The highest BCUT2D eigenvalue weighted by atomic mass is 32.1. The van der Waals surface area contributed by atoms with Crippen LogP contribution in [0.1, 0.15) is 30.5 Å². The summed E-state index contributed by atoms with van der Waals surface area (Å²) in [5.74, 6) is 0. The first-order valence-electron chi connectivity index (χ1n) is 6.78. The summed E-state index contributed by atoms with van der Waals surface area (Å²) < 4.78 is 5.57. The lowest BCUT2D eigenvalue weighted by atomic mass is 10.3. The molecule has 0 aromatic carbocycles. The maximum absolute atomic E-state index is 5.57. The highest BCUT2D eigenvalue weighted by Gasteiger charge is 2.17. The molecule has 102 valence electrons. The summed E-state index contributed by atoms with van der Waals surface area (Å²) in [7, 11) is 0. The molecule has 1 saturated heterocycles. The Morgan fingerprint density at radius 1 is 1.44 bits per heavy atom. The van der Waals surface area contributed by atoms with Crippen LogP contribution in [0.3, 0.4) is 0 Å². The van der Waals surface area contributed by atoms with E-state index in [2.05, 4.69) is 43.1 Å². The Labute approximate surface area is 114 Å². The minimum absolute atomic E-state index is 0.376. The monoisotopic (exact) mass is 268 g/mol. The van der Waals surface area contributed by atoms with Gasteiger partial charge in [0.05, 0.1) is 12.7 Å². The van der Waals surface area contributed by atoms with Gasteiger partial charge in [0.2, 0.25) is 0 Å². The summed E-state index contributed by atoms with van der Waals surface area (Å²) in [6.07, 6.45) is 0.376. The molecule has 1 unspecified atom stereocenters. The van der Waals surface area contributed by atoms with Crippen molar-refractivity contribution < 1.29 is 4.74 Å². The van der Waals surface area contributed by atoms with Crippen LogP contribution in [0.5, 0.6) is 0 Å². The standard InChI is InChI=1S/C14H24N2OS/c1-11(2)15-8-13-4-5-14(18-13)10-16-6-7-17-12(3)9-16/h4-5,11-12,15H,6-10H2,1-3H3. The van der Waals surface area contributed by atoms with Crippen molar-refractivity contribution in [1.29, 1.82) is 0 Å². The maximum atomic E-state index is 5.57. The van der Waals surface area contributed by atoms with Gasteiger partial charge in [-0.15, -0.1) is 11.3 Å². The van der Waals surface area contributed by atoms with Gasteiger partial charge in [0, 0.05) is 42.0 Å². The molecule has 0 bridgehead atoms. The Bertz CT molecular complexity index is 364. The molecule has 1 aliphatic heterocycles. The first-order chi connectivity index (χ1) is 8.63. The van der Waals surface area contributed by atoms with E-state index in [1.807, 2.05) is 11.3 Å². The molecule has 2 heterocycles. The fourth-order valence-corrected chi connectivity index (χ4v) is 3.17. The fourth-order valence-electron chi connectivity index (χ4n) is 2.16. The van der Waals surface area contributed by atoms with Gasteiger partial charge in [-0.05, 0) is 19.1 Å². The van der Waals surface area contributed by atoms with E-state index in [1.165, 1.54) is 9.75 Å². The van der Waals surface area contributed by atoms with E-state index in [0.29, 0.717) is 12.1 Å². The van der Waals surface area contributed by atoms with Crippen molar-refractivity contribution in [2.75, 3.05) is 19.7 Å². The molecule has 3 nitrogen and oxygen atoms in total. The van der Waals surface area contributed by atoms with Gasteiger partial charge in [-0.1, -0.05) is 13.8 Å². The first kappa shape index (κ1) is 14.0. The van der Waals surface area contributed by atoms with Gasteiger partial charge in [0.25, 0.3) is 0 Å². The Morgan fingerprint density at radius 2 is 2.22 bits per heavy atom. The van der Waals surface area contributed by atoms with Crippen LogP contribution in [0.15, 0.2) is 12.1 Å². The van der Waals surface area contributed by atoms with E-state index < -0.39 is 0 Å². The molecule has 1 fully saturated rings. The minimum Gasteiger partial charge on any atom is -0.376 e. The predicted molar refractivity (Wildman–Crippen MR) is 77.0 cm³/mol. The second kappa shape index (κ2) is 6.66. The molecule has 1 atom stereocenters. The van der Waals surface area contributed by atoms with Crippen molar-refractivity contribution in [3.63, 3.8) is 0 Å². The molecule has 0 saturated carbocycles. The van der Waals surface area contributed by atoms with Gasteiger partial charge < -0.3 is 10.1 Å². The second-order valence-corrected chi connectivity index (χ2v) is 6.57. The van der Waals surface area contributed by atoms with Crippen LogP contribution in [0.2, 0.25) is 0 Å². The molecule has 18 heavy (non-hydrogen) atoms. The lowest BCUT2D eigenvalue weighted by Gasteiger charge is -2.30. The Hall–Kier alpha value is -0.420. The van der Waals surface area contributed by atoms with Crippen LogP contribution < -0.4 is 5.32 Å². The molecule has 1 aromatic heterocycles. The normalized spacial score (nSPS) is 21.7. The third kappa shape index (κ3) is 4.35.